The molecule has 2 amide bonds. The summed E-state index contributed by atoms with van der Waals surface area (Å²) in [5, 5.41) is 5.63. The van der Waals surface area contributed by atoms with Crippen molar-refractivity contribution in [3.05, 3.63) is 79.1 Å². The first-order chi connectivity index (χ1) is 13.7. The number of ether oxygens (including phenoxy) is 1. The van der Waals surface area contributed by atoms with Crippen LogP contribution < -0.4 is 15.4 Å². The summed E-state index contributed by atoms with van der Waals surface area (Å²) in [6.45, 7) is 2.54. The quantitative estimate of drug-likeness (QED) is 0.515. The molecule has 4 aromatic rings. The number of urea groups is 1. The molecule has 0 fully saturated rings. The number of carbonyl (C=O) groups is 1. The Morgan fingerprint density at radius 2 is 1.64 bits per heavy atom. The maximum Gasteiger partial charge on any atom is 0.323 e. The number of imidazole rings is 1. The number of fused-ring (bicyclic) bond motifs is 1. The fraction of sp³-hybridized carbons (Fsp3) is 0.0909. The number of anilines is 2. The lowest BCUT2D eigenvalue weighted by Gasteiger charge is -2.09. The van der Waals surface area contributed by atoms with Crippen molar-refractivity contribution in [3.8, 4) is 17.0 Å². The summed E-state index contributed by atoms with van der Waals surface area (Å²) in [6.07, 6.45) is 3.95. The van der Waals surface area contributed by atoms with E-state index in [1.165, 1.54) is 0 Å². The topological polar surface area (TPSA) is 67.7 Å². The Hall–Kier alpha value is -3.80. The predicted molar refractivity (Wildman–Crippen MR) is 111 cm³/mol. The lowest BCUT2D eigenvalue weighted by Crippen LogP contribution is -2.19. The summed E-state index contributed by atoms with van der Waals surface area (Å²) < 4.78 is 7.37. The van der Waals surface area contributed by atoms with Crippen LogP contribution in [0, 0.1) is 0 Å². The number of nitrogens with one attached hydrogen (secondary N) is 2. The number of pyridine rings is 1. The van der Waals surface area contributed by atoms with Gasteiger partial charge in [-0.05, 0) is 55.5 Å². The van der Waals surface area contributed by atoms with Crippen molar-refractivity contribution in [3.63, 3.8) is 0 Å². The normalized spacial score (nSPS) is 10.6. The zero-order chi connectivity index (χ0) is 19.3. The van der Waals surface area contributed by atoms with Gasteiger partial charge in [0.25, 0.3) is 0 Å². The number of nitrogens with zero attached hydrogens (tertiary/aromatic N) is 2. The number of carbonyl (C=O) groups excluding carboxylic acids is 1. The highest BCUT2D eigenvalue weighted by atomic mass is 16.5. The summed E-state index contributed by atoms with van der Waals surface area (Å²) in [4.78, 5) is 16.8. The highest BCUT2D eigenvalue weighted by Crippen LogP contribution is 2.21. The molecule has 0 aliphatic heterocycles. The molecule has 0 aliphatic carbocycles. The van der Waals surface area contributed by atoms with E-state index < -0.39 is 0 Å². The smallest absolute Gasteiger partial charge is 0.323 e. The average molecular weight is 372 g/mol. The third-order valence-electron chi connectivity index (χ3n) is 4.23. The monoisotopic (exact) mass is 372 g/mol. The zero-order valence-corrected chi connectivity index (χ0v) is 15.4. The highest BCUT2D eigenvalue weighted by Gasteiger charge is 2.06. The van der Waals surface area contributed by atoms with E-state index in [2.05, 4.69) is 15.6 Å². The van der Waals surface area contributed by atoms with Gasteiger partial charge in [0.1, 0.15) is 11.4 Å². The molecule has 28 heavy (non-hydrogen) atoms. The van der Waals surface area contributed by atoms with Crippen molar-refractivity contribution in [2.75, 3.05) is 17.2 Å². The third-order valence-corrected chi connectivity index (χ3v) is 4.23. The van der Waals surface area contributed by atoms with Crippen LogP contribution in [0.3, 0.4) is 0 Å². The Bertz CT molecular complexity index is 1050. The van der Waals surface area contributed by atoms with Gasteiger partial charge in [0.2, 0.25) is 0 Å². The summed E-state index contributed by atoms with van der Waals surface area (Å²) in [5.41, 5.74) is 4.17. The molecule has 140 valence electrons. The minimum Gasteiger partial charge on any atom is -0.494 e. The predicted octanol–water partition coefficient (Wildman–Crippen LogP) is 5.04. The highest BCUT2D eigenvalue weighted by molar-refractivity contribution is 5.99. The van der Waals surface area contributed by atoms with Crippen LogP contribution in [0.15, 0.2) is 79.1 Å². The van der Waals surface area contributed by atoms with Crippen LogP contribution in [0.2, 0.25) is 0 Å². The van der Waals surface area contributed by atoms with E-state index in [1.54, 1.807) is 12.1 Å². The number of aromatic nitrogens is 2. The van der Waals surface area contributed by atoms with Crippen molar-refractivity contribution in [1.29, 1.82) is 0 Å². The molecule has 0 saturated heterocycles. The maximum absolute atomic E-state index is 12.2. The van der Waals surface area contributed by atoms with Gasteiger partial charge in [0.15, 0.2) is 0 Å². The van der Waals surface area contributed by atoms with Crippen molar-refractivity contribution < 1.29 is 9.53 Å². The van der Waals surface area contributed by atoms with Gasteiger partial charge < -0.3 is 19.8 Å². The summed E-state index contributed by atoms with van der Waals surface area (Å²) in [7, 11) is 0. The van der Waals surface area contributed by atoms with Crippen LogP contribution in [0.25, 0.3) is 16.9 Å². The molecule has 0 saturated carbocycles. The molecule has 0 unspecified atom stereocenters. The van der Waals surface area contributed by atoms with Gasteiger partial charge in [-0.2, -0.15) is 0 Å². The van der Waals surface area contributed by atoms with Crippen LogP contribution in [0.4, 0.5) is 16.2 Å². The second-order valence-corrected chi connectivity index (χ2v) is 6.21. The van der Waals surface area contributed by atoms with Gasteiger partial charge in [-0.3, -0.25) is 0 Å². The fourth-order valence-corrected chi connectivity index (χ4v) is 2.89. The van der Waals surface area contributed by atoms with Crippen molar-refractivity contribution in [1.82, 2.24) is 9.38 Å². The molecule has 2 aromatic carbocycles. The lowest BCUT2D eigenvalue weighted by atomic mass is 10.1. The summed E-state index contributed by atoms with van der Waals surface area (Å²) >= 11 is 0. The number of rotatable bonds is 5. The van der Waals surface area contributed by atoms with Crippen LogP contribution in [0.5, 0.6) is 5.75 Å². The molecule has 0 spiro atoms. The standard InChI is InChI=1S/C22H20N4O2/c1-2-28-19-12-10-18(11-13-19)24-22(27)23-17-8-6-16(7-9-17)20-15-26-14-4-3-5-21(26)25-20/h3-15H,2H2,1H3,(H2,23,24,27). The first-order valence-electron chi connectivity index (χ1n) is 9.06. The number of hydrogen-bond donors (Lipinski definition) is 2. The van der Waals surface area contributed by atoms with Crippen LogP contribution >= 0.6 is 0 Å². The molecule has 0 radical (unpaired) electrons. The molecule has 2 N–H and O–H groups in total. The Kier molecular flexibility index (Phi) is 4.93. The van der Waals surface area contributed by atoms with Crippen molar-refractivity contribution in [2.24, 2.45) is 0 Å². The van der Waals surface area contributed by atoms with Gasteiger partial charge in [-0.25, -0.2) is 9.78 Å². The van der Waals surface area contributed by atoms with Crippen LogP contribution in [-0.2, 0) is 0 Å². The number of amides is 2. The van der Waals surface area contributed by atoms with Crippen LogP contribution in [-0.4, -0.2) is 22.0 Å². The maximum atomic E-state index is 12.2. The van der Waals surface area contributed by atoms with Crippen LogP contribution in [0.1, 0.15) is 6.92 Å². The van der Waals surface area contributed by atoms with Gasteiger partial charge in [0.05, 0.1) is 12.3 Å². The van der Waals surface area contributed by atoms with E-state index >= 15 is 0 Å². The molecule has 0 bridgehead atoms. The second kappa shape index (κ2) is 7.84. The Morgan fingerprint density at radius 1 is 0.964 bits per heavy atom. The number of benzene rings is 2. The van der Waals surface area contributed by atoms with Crippen molar-refractivity contribution in [2.45, 2.75) is 6.92 Å². The minimum atomic E-state index is -0.301. The summed E-state index contributed by atoms with van der Waals surface area (Å²) in [5.74, 6) is 0.774. The van der Waals surface area contributed by atoms with E-state index in [0.29, 0.717) is 18.0 Å². The van der Waals surface area contributed by atoms with E-state index in [-0.39, 0.29) is 6.03 Å². The van der Waals surface area contributed by atoms with Gasteiger partial charge in [-0.1, -0.05) is 18.2 Å². The molecular formula is C22H20N4O2. The molecule has 2 heterocycles. The van der Waals surface area contributed by atoms with E-state index in [0.717, 1.165) is 22.7 Å². The molecule has 2 aromatic heterocycles. The molecule has 0 aliphatic rings. The third kappa shape index (κ3) is 3.96. The zero-order valence-electron chi connectivity index (χ0n) is 15.4. The first kappa shape index (κ1) is 17.6. The second-order valence-electron chi connectivity index (χ2n) is 6.21. The van der Waals surface area contributed by atoms with E-state index in [9.17, 15) is 4.79 Å². The molecule has 4 rings (SSSR count). The molecule has 6 heteroatoms. The Morgan fingerprint density at radius 3 is 2.29 bits per heavy atom. The fourth-order valence-electron chi connectivity index (χ4n) is 2.89. The molecule has 0 atom stereocenters. The Labute approximate surface area is 162 Å². The van der Waals surface area contributed by atoms with Crippen molar-refractivity contribution >= 4 is 23.1 Å². The Balaban J connectivity index is 1.40. The van der Waals surface area contributed by atoms with Gasteiger partial charge >= 0.3 is 6.03 Å². The van der Waals surface area contributed by atoms with Gasteiger partial charge in [-0.15, -0.1) is 0 Å². The average Bonchev–Trinajstić information content (AvgIpc) is 3.14. The SMILES string of the molecule is CCOc1ccc(NC(=O)Nc2ccc(-c3cn4ccccc4n3)cc2)cc1. The number of hydrogen-bond acceptors (Lipinski definition) is 3. The first-order valence-corrected chi connectivity index (χ1v) is 9.06. The largest absolute Gasteiger partial charge is 0.494 e. The van der Waals surface area contributed by atoms with E-state index in [4.69, 9.17) is 4.74 Å². The minimum absolute atomic E-state index is 0.301. The summed E-state index contributed by atoms with van der Waals surface area (Å²) in [6, 6.07) is 20.4. The molecular weight excluding hydrogens is 352 g/mol. The van der Waals surface area contributed by atoms with Gasteiger partial charge in [0, 0.05) is 29.3 Å². The lowest BCUT2D eigenvalue weighted by molar-refractivity contribution is 0.262. The molecule has 6 nitrogen and oxygen atoms in total. The van der Waals surface area contributed by atoms with E-state index in [1.807, 2.05) is 78.3 Å².